The minimum Gasteiger partial charge on any atom is -0.383 e. The van der Waals surface area contributed by atoms with Gasteiger partial charge in [-0.2, -0.15) is 0 Å². The average molecular weight is 358 g/mol. The van der Waals surface area contributed by atoms with Crippen LogP contribution in [0.4, 0.5) is 5.69 Å². The Hall–Kier alpha value is -2.31. The highest BCUT2D eigenvalue weighted by Crippen LogP contribution is 2.17. The van der Waals surface area contributed by atoms with Crippen molar-refractivity contribution in [1.82, 2.24) is 5.32 Å². The third kappa shape index (κ3) is 6.60. The number of hydrogen-bond acceptors (Lipinski definition) is 4. The summed E-state index contributed by atoms with van der Waals surface area (Å²) >= 11 is 1.54. The third-order valence-electron chi connectivity index (χ3n) is 3.38. The van der Waals surface area contributed by atoms with Crippen molar-refractivity contribution in [2.24, 2.45) is 0 Å². The van der Waals surface area contributed by atoms with Crippen molar-refractivity contribution in [1.29, 1.82) is 0 Å². The molecule has 2 N–H and O–H groups in total. The minimum absolute atomic E-state index is 0.127. The van der Waals surface area contributed by atoms with E-state index in [1.807, 2.05) is 30.3 Å². The van der Waals surface area contributed by atoms with Crippen LogP contribution >= 0.6 is 11.8 Å². The molecule has 0 bridgehead atoms. The molecule has 25 heavy (non-hydrogen) atoms. The number of amides is 2. The number of nitrogens with one attached hydrogen (secondary N) is 2. The van der Waals surface area contributed by atoms with Crippen molar-refractivity contribution < 1.29 is 14.3 Å². The number of carbonyl (C=O) groups excluding carboxylic acids is 2. The van der Waals surface area contributed by atoms with E-state index in [9.17, 15) is 9.59 Å². The Balaban J connectivity index is 1.86. The van der Waals surface area contributed by atoms with E-state index in [4.69, 9.17) is 4.74 Å². The molecule has 0 unspecified atom stereocenters. The highest BCUT2D eigenvalue weighted by atomic mass is 32.2. The Morgan fingerprint density at radius 1 is 1.04 bits per heavy atom. The SMILES string of the molecule is COCCNC(=O)c1ccccc1NC(=O)CSCc1ccccc1. The number of para-hydroxylation sites is 1. The van der Waals surface area contributed by atoms with Crippen molar-refractivity contribution >= 4 is 29.3 Å². The summed E-state index contributed by atoms with van der Waals surface area (Å²) in [5, 5.41) is 5.57. The number of benzene rings is 2. The standard InChI is InChI=1S/C19H22N2O3S/c1-24-12-11-20-19(23)16-9-5-6-10-17(16)21-18(22)14-25-13-15-7-3-2-4-8-15/h2-10H,11-14H2,1H3,(H,20,23)(H,21,22). The van der Waals surface area contributed by atoms with Gasteiger partial charge in [-0.1, -0.05) is 42.5 Å². The van der Waals surface area contributed by atoms with Gasteiger partial charge in [0.25, 0.3) is 5.91 Å². The first-order valence-electron chi connectivity index (χ1n) is 7.98. The van der Waals surface area contributed by atoms with Crippen LogP contribution in [0.1, 0.15) is 15.9 Å². The molecule has 2 rings (SSSR count). The normalized spacial score (nSPS) is 10.3. The molecule has 2 amide bonds. The molecule has 132 valence electrons. The zero-order chi connectivity index (χ0) is 17.9. The molecule has 0 fully saturated rings. The quantitative estimate of drug-likeness (QED) is 0.677. The van der Waals surface area contributed by atoms with Gasteiger partial charge in [-0.25, -0.2) is 0 Å². The largest absolute Gasteiger partial charge is 0.383 e. The summed E-state index contributed by atoms with van der Waals surface area (Å²) in [6.45, 7) is 0.862. The lowest BCUT2D eigenvalue weighted by Crippen LogP contribution is -2.28. The zero-order valence-electron chi connectivity index (χ0n) is 14.2. The summed E-state index contributed by atoms with van der Waals surface area (Å²) in [6.07, 6.45) is 0. The second-order valence-electron chi connectivity index (χ2n) is 5.32. The number of rotatable bonds is 9. The summed E-state index contributed by atoms with van der Waals surface area (Å²) in [5.74, 6) is 0.741. The maximum absolute atomic E-state index is 12.2. The first-order chi connectivity index (χ1) is 12.2. The molecule has 6 heteroatoms. The number of thioether (sulfide) groups is 1. The van der Waals surface area contributed by atoms with Gasteiger partial charge < -0.3 is 15.4 Å². The van der Waals surface area contributed by atoms with Crippen LogP contribution in [0.2, 0.25) is 0 Å². The lowest BCUT2D eigenvalue weighted by atomic mass is 10.1. The van der Waals surface area contributed by atoms with Crippen LogP contribution in [0.5, 0.6) is 0 Å². The highest BCUT2D eigenvalue weighted by Gasteiger charge is 2.12. The van der Waals surface area contributed by atoms with Gasteiger partial charge in [-0.15, -0.1) is 11.8 Å². The molecule has 0 saturated carbocycles. The van der Waals surface area contributed by atoms with Crippen LogP contribution in [-0.4, -0.2) is 37.8 Å². The average Bonchev–Trinajstić information content (AvgIpc) is 2.63. The molecular weight excluding hydrogens is 336 g/mol. The topological polar surface area (TPSA) is 67.4 Å². The summed E-state index contributed by atoms with van der Waals surface area (Å²) in [5.41, 5.74) is 2.14. The number of methoxy groups -OCH3 is 1. The molecule has 0 aliphatic rings. The van der Waals surface area contributed by atoms with Crippen LogP contribution in [0.25, 0.3) is 0 Å². The lowest BCUT2D eigenvalue weighted by molar-refractivity contribution is -0.113. The molecule has 0 spiro atoms. The van der Waals surface area contributed by atoms with Crippen molar-refractivity contribution in [3.05, 3.63) is 65.7 Å². The van der Waals surface area contributed by atoms with Gasteiger partial charge in [-0.3, -0.25) is 9.59 Å². The van der Waals surface area contributed by atoms with Crippen molar-refractivity contribution in [2.75, 3.05) is 31.3 Å². The summed E-state index contributed by atoms with van der Waals surface area (Å²) in [4.78, 5) is 24.4. The third-order valence-corrected chi connectivity index (χ3v) is 4.39. The molecule has 2 aromatic carbocycles. The van der Waals surface area contributed by atoms with Crippen molar-refractivity contribution in [2.45, 2.75) is 5.75 Å². The van der Waals surface area contributed by atoms with Gasteiger partial charge in [0.2, 0.25) is 5.91 Å². The monoisotopic (exact) mass is 358 g/mol. The molecule has 2 aromatic rings. The van der Waals surface area contributed by atoms with Gasteiger partial charge in [0, 0.05) is 19.4 Å². The minimum atomic E-state index is -0.232. The Kier molecular flexibility index (Phi) is 8.01. The summed E-state index contributed by atoms with van der Waals surface area (Å²) in [7, 11) is 1.58. The first-order valence-corrected chi connectivity index (χ1v) is 9.14. The Bertz CT molecular complexity index is 692. The molecule has 0 heterocycles. The van der Waals surface area contributed by atoms with Gasteiger partial charge in [0.05, 0.1) is 23.6 Å². The maximum Gasteiger partial charge on any atom is 0.253 e. The number of hydrogen-bond donors (Lipinski definition) is 2. The van der Waals surface area contributed by atoms with E-state index >= 15 is 0 Å². The van der Waals surface area contributed by atoms with E-state index in [1.165, 1.54) is 17.3 Å². The lowest BCUT2D eigenvalue weighted by Gasteiger charge is -2.11. The number of carbonyl (C=O) groups is 2. The van der Waals surface area contributed by atoms with E-state index in [2.05, 4.69) is 10.6 Å². The number of anilines is 1. The first kappa shape index (κ1) is 19.0. The Labute approximate surface area is 152 Å². The summed E-state index contributed by atoms with van der Waals surface area (Å²) in [6, 6.07) is 17.0. The number of ether oxygens (including phenoxy) is 1. The molecule has 0 aromatic heterocycles. The fourth-order valence-corrected chi connectivity index (χ4v) is 2.96. The van der Waals surface area contributed by atoms with E-state index in [1.54, 1.807) is 31.4 Å². The maximum atomic E-state index is 12.2. The Morgan fingerprint density at radius 2 is 1.76 bits per heavy atom. The van der Waals surface area contributed by atoms with Crippen LogP contribution < -0.4 is 10.6 Å². The van der Waals surface area contributed by atoms with Crippen LogP contribution in [0.3, 0.4) is 0 Å². The molecule has 0 aliphatic heterocycles. The molecule has 0 radical (unpaired) electrons. The van der Waals surface area contributed by atoms with Crippen molar-refractivity contribution in [3.63, 3.8) is 0 Å². The predicted molar refractivity (Wildman–Crippen MR) is 102 cm³/mol. The molecule has 5 nitrogen and oxygen atoms in total. The predicted octanol–water partition coefficient (Wildman–Crippen LogP) is 2.93. The van der Waals surface area contributed by atoms with Crippen LogP contribution in [0.15, 0.2) is 54.6 Å². The van der Waals surface area contributed by atoms with Gasteiger partial charge in [-0.05, 0) is 17.7 Å². The van der Waals surface area contributed by atoms with Crippen LogP contribution in [-0.2, 0) is 15.3 Å². The second-order valence-corrected chi connectivity index (χ2v) is 6.31. The molecule has 0 atom stereocenters. The molecular formula is C19H22N2O3S. The van der Waals surface area contributed by atoms with Crippen LogP contribution in [0, 0.1) is 0 Å². The van der Waals surface area contributed by atoms with E-state index in [-0.39, 0.29) is 11.8 Å². The van der Waals surface area contributed by atoms with E-state index in [0.717, 1.165) is 5.75 Å². The van der Waals surface area contributed by atoms with E-state index in [0.29, 0.717) is 30.2 Å². The van der Waals surface area contributed by atoms with Gasteiger partial charge >= 0.3 is 0 Å². The molecule has 0 aliphatic carbocycles. The van der Waals surface area contributed by atoms with E-state index < -0.39 is 0 Å². The fraction of sp³-hybridized carbons (Fsp3) is 0.263. The zero-order valence-corrected chi connectivity index (χ0v) is 15.0. The van der Waals surface area contributed by atoms with Gasteiger partial charge in [0.1, 0.15) is 0 Å². The Morgan fingerprint density at radius 3 is 2.52 bits per heavy atom. The highest BCUT2D eigenvalue weighted by molar-refractivity contribution is 7.99. The summed E-state index contributed by atoms with van der Waals surface area (Å²) < 4.78 is 4.92. The smallest absolute Gasteiger partial charge is 0.253 e. The second kappa shape index (κ2) is 10.5. The van der Waals surface area contributed by atoms with Gasteiger partial charge in [0.15, 0.2) is 0 Å². The molecule has 0 saturated heterocycles. The van der Waals surface area contributed by atoms with Crippen molar-refractivity contribution in [3.8, 4) is 0 Å². The fourth-order valence-electron chi connectivity index (χ4n) is 2.17.